The van der Waals surface area contributed by atoms with Gasteiger partial charge in [0.2, 0.25) is 0 Å². The Morgan fingerprint density at radius 1 is 1.32 bits per heavy atom. The van der Waals surface area contributed by atoms with Gasteiger partial charge in [-0.15, -0.1) is 0 Å². The number of nitrogens with two attached hydrogens (primary N) is 1. The highest BCUT2D eigenvalue weighted by Crippen LogP contribution is 2.32. The van der Waals surface area contributed by atoms with Gasteiger partial charge in [-0.1, -0.05) is 0 Å². The molecule has 1 aliphatic rings. The molecule has 9 heteroatoms. The van der Waals surface area contributed by atoms with E-state index in [0.717, 1.165) is 46.7 Å². The number of nitrogens with zero attached hydrogens (tertiary/aromatic N) is 6. The van der Waals surface area contributed by atoms with E-state index in [-0.39, 0.29) is 12.0 Å². The first-order chi connectivity index (χ1) is 13.6. The maximum Gasteiger partial charge on any atom is 0.180 e. The molecule has 1 saturated heterocycles. The van der Waals surface area contributed by atoms with Crippen LogP contribution in [0.2, 0.25) is 0 Å². The van der Waals surface area contributed by atoms with Crippen LogP contribution in [-0.4, -0.2) is 43.1 Å². The number of imidazole rings is 1. The average Bonchev–Trinajstić information content (AvgIpc) is 3.13. The highest BCUT2D eigenvalue weighted by atomic mass is 79.9. The van der Waals surface area contributed by atoms with Crippen LogP contribution in [0.15, 0.2) is 47.2 Å². The molecule has 0 radical (unpaired) electrons. The molecule has 2 unspecified atom stereocenters. The normalized spacial score (nSPS) is 20.5. The van der Waals surface area contributed by atoms with E-state index in [1.165, 1.54) is 6.21 Å². The lowest BCUT2D eigenvalue weighted by Crippen LogP contribution is -2.45. The van der Waals surface area contributed by atoms with E-state index >= 15 is 0 Å². The highest BCUT2D eigenvalue weighted by Gasteiger charge is 2.30. The molecular weight excluding hydrogens is 420 g/mol. The number of fused-ring (bicyclic) bond motifs is 1. The number of piperidine rings is 1. The van der Waals surface area contributed by atoms with Gasteiger partial charge in [0.15, 0.2) is 11.5 Å². The van der Waals surface area contributed by atoms with E-state index in [1.807, 2.05) is 16.7 Å². The predicted molar refractivity (Wildman–Crippen MR) is 112 cm³/mol. The molecule has 3 N–H and O–H groups in total. The van der Waals surface area contributed by atoms with Gasteiger partial charge in [-0.2, -0.15) is 0 Å². The molecule has 8 nitrogen and oxygen atoms in total. The second-order valence-electron chi connectivity index (χ2n) is 6.81. The quantitative estimate of drug-likeness (QED) is 0.603. The SMILES string of the molecule is CC1C(/C(C=N)=C/N)CCCN1c1ccnc(-c2cnc3cnc(Br)cn23)n1. The van der Waals surface area contributed by atoms with Gasteiger partial charge in [-0.05, 0) is 53.5 Å². The maximum atomic E-state index is 7.64. The summed E-state index contributed by atoms with van der Waals surface area (Å²) in [5.74, 6) is 1.69. The summed E-state index contributed by atoms with van der Waals surface area (Å²) < 4.78 is 2.64. The van der Waals surface area contributed by atoms with Gasteiger partial charge in [0, 0.05) is 37.1 Å². The fourth-order valence-electron chi connectivity index (χ4n) is 3.85. The Bertz CT molecular complexity index is 1040. The van der Waals surface area contributed by atoms with Crippen molar-refractivity contribution in [3.8, 4) is 11.5 Å². The van der Waals surface area contributed by atoms with Crippen LogP contribution < -0.4 is 10.6 Å². The molecule has 0 bridgehead atoms. The van der Waals surface area contributed by atoms with Gasteiger partial charge >= 0.3 is 0 Å². The third kappa shape index (κ3) is 3.26. The minimum absolute atomic E-state index is 0.188. The fourth-order valence-corrected chi connectivity index (χ4v) is 4.16. The van der Waals surface area contributed by atoms with Crippen LogP contribution in [0.3, 0.4) is 0 Å². The Morgan fingerprint density at radius 2 is 2.18 bits per heavy atom. The van der Waals surface area contributed by atoms with E-state index in [1.54, 1.807) is 24.8 Å². The number of anilines is 1. The van der Waals surface area contributed by atoms with Crippen molar-refractivity contribution in [1.29, 1.82) is 5.41 Å². The van der Waals surface area contributed by atoms with Crippen LogP contribution in [0.25, 0.3) is 17.2 Å². The lowest BCUT2D eigenvalue weighted by Gasteiger charge is -2.40. The monoisotopic (exact) mass is 440 g/mol. The smallest absolute Gasteiger partial charge is 0.180 e. The van der Waals surface area contributed by atoms with Crippen molar-refractivity contribution in [2.45, 2.75) is 25.8 Å². The Morgan fingerprint density at radius 3 is 2.96 bits per heavy atom. The summed E-state index contributed by atoms with van der Waals surface area (Å²) in [5.41, 5.74) is 8.15. The van der Waals surface area contributed by atoms with Crippen LogP contribution in [-0.2, 0) is 0 Å². The first-order valence-corrected chi connectivity index (χ1v) is 9.92. The molecule has 0 amide bonds. The molecule has 144 valence electrons. The topological polar surface area (TPSA) is 109 Å². The summed E-state index contributed by atoms with van der Waals surface area (Å²) in [4.78, 5) is 20.2. The summed E-state index contributed by atoms with van der Waals surface area (Å²) in [7, 11) is 0. The molecule has 0 spiro atoms. The summed E-state index contributed by atoms with van der Waals surface area (Å²) in [6.45, 7) is 3.07. The molecule has 0 aromatic carbocycles. The number of rotatable bonds is 4. The number of aromatic nitrogens is 5. The number of nitrogens with one attached hydrogen (secondary N) is 1. The van der Waals surface area contributed by atoms with Gasteiger partial charge in [0.25, 0.3) is 0 Å². The Balaban J connectivity index is 1.70. The van der Waals surface area contributed by atoms with E-state index < -0.39 is 0 Å². The van der Waals surface area contributed by atoms with E-state index in [4.69, 9.17) is 16.1 Å². The molecule has 3 aromatic rings. The van der Waals surface area contributed by atoms with Crippen molar-refractivity contribution in [3.05, 3.63) is 47.2 Å². The molecule has 4 rings (SSSR count). The molecule has 3 aromatic heterocycles. The summed E-state index contributed by atoms with van der Waals surface area (Å²) in [5, 5.41) is 7.64. The number of hydrogen-bond acceptors (Lipinski definition) is 7. The minimum Gasteiger partial charge on any atom is -0.404 e. The molecular formula is C19H21BrN8. The van der Waals surface area contributed by atoms with Crippen molar-refractivity contribution >= 4 is 33.6 Å². The van der Waals surface area contributed by atoms with Crippen LogP contribution in [0, 0.1) is 11.3 Å². The van der Waals surface area contributed by atoms with Crippen molar-refractivity contribution < 1.29 is 0 Å². The van der Waals surface area contributed by atoms with E-state index in [9.17, 15) is 0 Å². The van der Waals surface area contributed by atoms with Crippen LogP contribution in [0.5, 0.6) is 0 Å². The minimum atomic E-state index is 0.188. The molecule has 2 atom stereocenters. The molecule has 1 fully saturated rings. The third-order valence-corrected chi connectivity index (χ3v) is 5.71. The van der Waals surface area contributed by atoms with Gasteiger partial charge in [0.1, 0.15) is 16.1 Å². The molecule has 1 aliphatic heterocycles. The van der Waals surface area contributed by atoms with Gasteiger partial charge in [-0.3, -0.25) is 4.40 Å². The Hall–Kier alpha value is -2.81. The molecule has 0 saturated carbocycles. The van der Waals surface area contributed by atoms with Crippen molar-refractivity contribution in [1.82, 2.24) is 24.3 Å². The standard InChI is InChI=1S/C19H21BrN8/c1-12-14(13(7-21)8-22)3-2-6-27(12)17-4-5-23-19(26-17)15-9-25-18-10-24-16(20)11-28(15)18/h4-5,7-12,14,21H,2-3,6,22H2,1H3/b13-8+,21-7?. The second-order valence-corrected chi connectivity index (χ2v) is 7.63. The van der Waals surface area contributed by atoms with Crippen LogP contribution >= 0.6 is 15.9 Å². The number of halogens is 1. The zero-order chi connectivity index (χ0) is 19.7. The van der Waals surface area contributed by atoms with Gasteiger partial charge in [0.05, 0.1) is 12.4 Å². The van der Waals surface area contributed by atoms with Gasteiger partial charge < -0.3 is 16.0 Å². The zero-order valence-corrected chi connectivity index (χ0v) is 17.0. The lowest BCUT2D eigenvalue weighted by molar-refractivity contribution is 0.387. The highest BCUT2D eigenvalue weighted by molar-refractivity contribution is 9.10. The summed E-state index contributed by atoms with van der Waals surface area (Å²) in [6, 6.07) is 2.12. The summed E-state index contributed by atoms with van der Waals surface area (Å²) in [6.07, 6.45) is 12.0. The second kappa shape index (κ2) is 7.67. The first-order valence-electron chi connectivity index (χ1n) is 9.13. The molecule has 28 heavy (non-hydrogen) atoms. The summed E-state index contributed by atoms with van der Waals surface area (Å²) >= 11 is 3.40. The van der Waals surface area contributed by atoms with Crippen LogP contribution in [0.1, 0.15) is 19.8 Å². The molecule has 4 heterocycles. The van der Waals surface area contributed by atoms with Crippen molar-refractivity contribution in [2.75, 3.05) is 11.4 Å². The first kappa shape index (κ1) is 18.5. The van der Waals surface area contributed by atoms with Crippen LogP contribution in [0.4, 0.5) is 5.82 Å². The lowest BCUT2D eigenvalue weighted by atomic mass is 9.84. The van der Waals surface area contributed by atoms with E-state index in [0.29, 0.717) is 5.82 Å². The molecule has 0 aliphatic carbocycles. The van der Waals surface area contributed by atoms with Crippen molar-refractivity contribution in [2.24, 2.45) is 11.7 Å². The fraction of sp³-hybridized carbons (Fsp3) is 0.316. The van der Waals surface area contributed by atoms with Crippen molar-refractivity contribution in [3.63, 3.8) is 0 Å². The van der Waals surface area contributed by atoms with Gasteiger partial charge in [-0.25, -0.2) is 19.9 Å². The number of hydrogen-bond donors (Lipinski definition) is 2. The predicted octanol–water partition coefficient (Wildman–Crippen LogP) is 3.05. The largest absolute Gasteiger partial charge is 0.404 e. The Kier molecular flexibility index (Phi) is 5.08. The third-order valence-electron chi connectivity index (χ3n) is 5.30. The average molecular weight is 441 g/mol. The van der Waals surface area contributed by atoms with E-state index in [2.05, 4.69) is 42.7 Å². The Labute approximate surface area is 171 Å². The zero-order valence-electron chi connectivity index (χ0n) is 15.5. The maximum absolute atomic E-state index is 7.64.